The molecule has 0 N–H and O–H groups in total. The molecular weight excluding hydrogens is 821 g/mol. The Kier molecular flexibility index (Phi) is 10.6. The molecule has 68 heavy (non-hydrogen) atoms. The molecule has 2 nitrogen and oxygen atoms in total. The molecular formula is C66H46N2. The Morgan fingerprint density at radius 3 is 1.10 bits per heavy atom. The van der Waals surface area contributed by atoms with Gasteiger partial charge in [0.05, 0.1) is 11.0 Å². The summed E-state index contributed by atoms with van der Waals surface area (Å²) >= 11 is 0. The molecule has 1 aromatic heterocycles. The first-order valence-electron chi connectivity index (χ1n) is 23.3. The molecule has 320 valence electrons. The highest BCUT2D eigenvalue weighted by Gasteiger charge is 2.19. The van der Waals surface area contributed by atoms with E-state index < -0.39 is 0 Å². The van der Waals surface area contributed by atoms with E-state index in [1.807, 2.05) is 0 Å². The van der Waals surface area contributed by atoms with Crippen LogP contribution in [0, 0.1) is 0 Å². The Bertz CT molecular complexity index is 3620. The van der Waals surface area contributed by atoms with E-state index in [-0.39, 0.29) is 0 Å². The van der Waals surface area contributed by atoms with Gasteiger partial charge in [-0.25, -0.2) is 0 Å². The SMILES string of the molecule is c1ccc(-c2ccc(N(c3ccc(-c4cc(-c5ccccc5)cc(-c5cccc6c5c5ccccc5n6-c5ccccc5)c4)cc3)c3cc(-c4ccccc4)cc(-c4ccccc4)c3)cc2)cc1. The van der Waals surface area contributed by atoms with Gasteiger partial charge in [-0.15, -0.1) is 0 Å². The van der Waals surface area contributed by atoms with Gasteiger partial charge in [-0.05, 0) is 152 Å². The third kappa shape index (κ3) is 7.74. The van der Waals surface area contributed by atoms with Gasteiger partial charge in [0.15, 0.2) is 0 Å². The van der Waals surface area contributed by atoms with Crippen molar-refractivity contribution in [2.24, 2.45) is 0 Å². The molecule has 0 aliphatic rings. The summed E-state index contributed by atoms with van der Waals surface area (Å²) in [6.07, 6.45) is 0. The summed E-state index contributed by atoms with van der Waals surface area (Å²) < 4.78 is 2.40. The van der Waals surface area contributed by atoms with E-state index in [2.05, 4.69) is 289 Å². The zero-order valence-electron chi connectivity index (χ0n) is 37.5. The number of nitrogens with zero attached hydrogens (tertiary/aromatic N) is 2. The van der Waals surface area contributed by atoms with Crippen molar-refractivity contribution in [3.05, 3.63) is 279 Å². The first-order chi connectivity index (χ1) is 33.7. The van der Waals surface area contributed by atoms with Gasteiger partial charge in [0.1, 0.15) is 0 Å². The molecule has 0 spiro atoms. The van der Waals surface area contributed by atoms with E-state index in [1.54, 1.807) is 0 Å². The summed E-state index contributed by atoms with van der Waals surface area (Å²) in [6, 6.07) is 101. The summed E-state index contributed by atoms with van der Waals surface area (Å²) in [5.74, 6) is 0. The van der Waals surface area contributed by atoms with Gasteiger partial charge in [0.2, 0.25) is 0 Å². The summed E-state index contributed by atoms with van der Waals surface area (Å²) in [5.41, 5.74) is 20.9. The number of fused-ring (bicyclic) bond motifs is 3. The van der Waals surface area contributed by atoms with Gasteiger partial charge in [0, 0.05) is 33.5 Å². The van der Waals surface area contributed by atoms with Crippen molar-refractivity contribution in [2.45, 2.75) is 0 Å². The quantitative estimate of drug-likeness (QED) is 0.133. The highest BCUT2D eigenvalue weighted by molar-refractivity contribution is 6.16. The van der Waals surface area contributed by atoms with Crippen LogP contribution >= 0.6 is 0 Å². The van der Waals surface area contributed by atoms with Crippen molar-refractivity contribution in [1.29, 1.82) is 0 Å². The van der Waals surface area contributed by atoms with Crippen LogP contribution in [0.25, 0.3) is 94.3 Å². The fourth-order valence-corrected chi connectivity index (χ4v) is 9.88. The zero-order chi connectivity index (χ0) is 45.2. The lowest BCUT2D eigenvalue weighted by molar-refractivity contribution is 1.18. The van der Waals surface area contributed by atoms with Crippen LogP contribution in [0.2, 0.25) is 0 Å². The smallest absolute Gasteiger partial charge is 0.0547 e. The van der Waals surface area contributed by atoms with Crippen LogP contribution in [0.5, 0.6) is 0 Å². The van der Waals surface area contributed by atoms with Crippen LogP contribution < -0.4 is 4.90 Å². The number of hydrogen-bond acceptors (Lipinski definition) is 1. The van der Waals surface area contributed by atoms with E-state index >= 15 is 0 Å². The van der Waals surface area contributed by atoms with Crippen molar-refractivity contribution >= 4 is 38.9 Å². The zero-order valence-corrected chi connectivity index (χ0v) is 37.5. The van der Waals surface area contributed by atoms with Gasteiger partial charge in [-0.2, -0.15) is 0 Å². The van der Waals surface area contributed by atoms with E-state index in [9.17, 15) is 0 Å². The molecule has 0 atom stereocenters. The highest BCUT2D eigenvalue weighted by atomic mass is 15.1. The Morgan fingerprint density at radius 1 is 0.235 bits per heavy atom. The number of benzene rings is 11. The van der Waals surface area contributed by atoms with Gasteiger partial charge < -0.3 is 9.47 Å². The second kappa shape index (κ2) is 17.8. The summed E-state index contributed by atoms with van der Waals surface area (Å²) in [6.45, 7) is 0. The van der Waals surface area contributed by atoms with Crippen LogP contribution in [0.1, 0.15) is 0 Å². The number of rotatable bonds is 10. The van der Waals surface area contributed by atoms with Crippen LogP contribution in [0.15, 0.2) is 279 Å². The van der Waals surface area contributed by atoms with Crippen molar-refractivity contribution in [3.63, 3.8) is 0 Å². The molecule has 0 bridgehead atoms. The summed E-state index contributed by atoms with van der Waals surface area (Å²) in [4.78, 5) is 2.40. The highest BCUT2D eigenvalue weighted by Crippen LogP contribution is 2.44. The molecule has 0 amide bonds. The largest absolute Gasteiger partial charge is 0.310 e. The lowest BCUT2D eigenvalue weighted by atomic mass is 9.91. The minimum atomic E-state index is 1.07. The lowest BCUT2D eigenvalue weighted by Gasteiger charge is -2.27. The lowest BCUT2D eigenvalue weighted by Crippen LogP contribution is -2.10. The average molecular weight is 867 g/mol. The van der Waals surface area contributed by atoms with E-state index in [1.165, 1.54) is 66.3 Å². The molecule has 0 fully saturated rings. The van der Waals surface area contributed by atoms with Gasteiger partial charge in [0.25, 0.3) is 0 Å². The topological polar surface area (TPSA) is 8.17 Å². The normalized spacial score (nSPS) is 11.2. The van der Waals surface area contributed by atoms with Crippen molar-refractivity contribution in [1.82, 2.24) is 4.57 Å². The molecule has 12 aromatic rings. The maximum absolute atomic E-state index is 2.40. The molecule has 0 aliphatic heterocycles. The van der Waals surface area contributed by atoms with Gasteiger partial charge in [-0.3, -0.25) is 0 Å². The number of anilines is 3. The predicted molar refractivity (Wildman–Crippen MR) is 288 cm³/mol. The van der Waals surface area contributed by atoms with Crippen LogP contribution in [0.4, 0.5) is 17.1 Å². The molecule has 0 radical (unpaired) electrons. The first-order valence-corrected chi connectivity index (χ1v) is 23.3. The minimum absolute atomic E-state index is 1.07. The van der Waals surface area contributed by atoms with Crippen molar-refractivity contribution < 1.29 is 0 Å². The standard InChI is InChI=1S/C66H46N2/c1-6-19-47(20-7-1)51-33-37-59(38-34-51)67(61-45-55(49-23-10-3-11-24-49)42-56(46-61)50-25-12-4-13-26-50)60-39-35-52(36-40-60)54-41-53(48-21-8-2-9-22-48)43-57(44-54)62-30-18-32-65-66(62)63-29-16-17-31-64(63)68(65)58-27-14-5-15-28-58/h1-46H. The average Bonchev–Trinajstić information content (AvgIpc) is 3.77. The number of aromatic nitrogens is 1. The van der Waals surface area contributed by atoms with E-state index in [0.29, 0.717) is 0 Å². The Labute approximate surface area is 397 Å². The monoisotopic (exact) mass is 866 g/mol. The van der Waals surface area contributed by atoms with E-state index in [4.69, 9.17) is 0 Å². The molecule has 2 heteroatoms. The van der Waals surface area contributed by atoms with E-state index in [0.717, 1.165) is 45.0 Å². The summed E-state index contributed by atoms with van der Waals surface area (Å²) in [5, 5.41) is 2.49. The van der Waals surface area contributed by atoms with Crippen molar-refractivity contribution in [3.8, 4) is 72.4 Å². The number of para-hydroxylation sites is 2. The summed E-state index contributed by atoms with van der Waals surface area (Å²) in [7, 11) is 0. The maximum atomic E-state index is 2.40. The second-order valence-electron chi connectivity index (χ2n) is 17.3. The molecule has 1 heterocycles. The Morgan fingerprint density at radius 2 is 0.603 bits per heavy atom. The fraction of sp³-hybridized carbons (Fsp3) is 0. The third-order valence-electron chi connectivity index (χ3n) is 13.1. The predicted octanol–water partition coefficient (Wildman–Crippen LogP) is 18.3. The molecule has 0 unspecified atom stereocenters. The Hall–Kier alpha value is -8.98. The minimum Gasteiger partial charge on any atom is -0.310 e. The van der Waals surface area contributed by atoms with Crippen LogP contribution in [-0.2, 0) is 0 Å². The number of hydrogen-bond donors (Lipinski definition) is 0. The van der Waals surface area contributed by atoms with Crippen LogP contribution in [0.3, 0.4) is 0 Å². The van der Waals surface area contributed by atoms with Crippen LogP contribution in [-0.4, -0.2) is 4.57 Å². The third-order valence-corrected chi connectivity index (χ3v) is 13.1. The fourth-order valence-electron chi connectivity index (χ4n) is 9.88. The maximum Gasteiger partial charge on any atom is 0.0547 e. The molecule has 11 aromatic carbocycles. The van der Waals surface area contributed by atoms with Gasteiger partial charge in [-0.1, -0.05) is 194 Å². The molecule has 12 rings (SSSR count). The molecule has 0 aliphatic carbocycles. The van der Waals surface area contributed by atoms with Gasteiger partial charge >= 0.3 is 0 Å². The molecule has 0 saturated carbocycles. The Balaban J connectivity index is 1.01. The van der Waals surface area contributed by atoms with Crippen molar-refractivity contribution in [2.75, 3.05) is 4.90 Å². The molecule has 0 saturated heterocycles. The first kappa shape index (κ1) is 40.5. The second-order valence-corrected chi connectivity index (χ2v) is 17.3.